The fraction of sp³-hybridized carbons (Fsp3) is 0.158. The van der Waals surface area contributed by atoms with Gasteiger partial charge >= 0.3 is 0 Å². The Morgan fingerprint density at radius 2 is 1.81 bits per heavy atom. The summed E-state index contributed by atoms with van der Waals surface area (Å²) in [6.07, 6.45) is 0. The van der Waals surface area contributed by atoms with Crippen molar-refractivity contribution in [2.24, 2.45) is 0 Å². The van der Waals surface area contributed by atoms with Crippen molar-refractivity contribution in [2.45, 2.75) is 18.0 Å². The number of halogens is 2. The van der Waals surface area contributed by atoms with Crippen LogP contribution >= 0.6 is 11.3 Å². The van der Waals surface area contributed by atoms with Crippen LogP contribution in [-0.4, -0.2) is 19.8 Å². The Hall–Kier alpha value is -2.29. The maximum Gasteiger partial charge on any atom is 0.246 e. The van der Waals surface area contributed by atoms with Crippen LogP contribution in [0.1, 0.15) is 10.4 Å². The van der Waals surface area contributed by atoms with Crippen LogP contribution in [0.3, 0.4) is 0 Å². The summed E-state index contributed by atoms with van der Waals surface area (Å²) in [7, 11) is -2.79. The quantitative estimate of drug-likeness (QED) is 0.580. The van der Waals surface area contributed by atoms with Crippen molar-refractivity contribution < 1.29 is 21.9 Å². The molecule has 142 valence electrons. The van der Waals surface area contributed by atoms with Gasteiger partial charge < -0.3 is 4.74 Å². The third kappa shape index (κ3) is 4.35. The molecular weight excluding hydrogens is 392 g/mol. The second-order valence-electron chi connectivity index (χ2n) is 5.74. The van der Waals surface area contributed by atoms with Crippen molar-refractivity contribution in [2.75, 3.05) is 7.11 Å². The molecule has 0 unspecified atom stereocenters. The largest absolute Gasteiger partial charge is 0.496 e. The number of hydrogen-bond donors (Lipinski definition) is 0. The topological polar surface area (TPSA) is 46.6 Å². The summed E-state index contributed by atoms with van der Waals surface area (Å²) in [4.78, 5) is 0.0965. The summed E-state index contributed by atoms with van der Waals surface area (Å²) < 4.78 is 60.4. The average Bonchev–Trinajstić information content (AvgIpc) is 3.16. The summed E-state index contributed by atoms with van der Waals surface area (Å²) in [5, 5.41) is 1.83. The van der Waals surface area contributed by atoms with Gasteiger partial charge in [-0.1, -0.05) is 24.3 Å². The van der Waals surface area contributed by atoms with Crippen molar-refractivity contribution in [1.82, 2.24) is 4.31 Å². The lowest BCUT2D eigenvalue weighted by molar-refractivity contribution is 0.375. The molecule has 0 aliphatic heterocycles. The smallest absolute Gasteiger partial charge is 0.246 e. The van der Waals surface area contributed by atoms with Gasteiger partial charge in [0, 0.05) is 23.5 Å². The number of ether oxygens (including phenoxy) is 1. The molecule has 2 aromatic carbocycles. The highest BCUT2D eigenvalue weighted by atomic mass is 32.2. The lowest BCUT2D eigenvalue weighted by Crippen LogP contribution is -2.31. The van der Waals surface area contributed by atoms with Crippen LogP contribution in [0, 0.1) is 11.6 Å². The minimum absolute atomic E-state index is 0.0357. The first-order valence-electron chi connectivity index (χ1n) is 8.01. The standard InChI is InChI=1S/C19H17F2NO3S2/c1-25-18-7-3-2-5-14(18)12-22(13-16-6-4-10-26-16)27(23,24)19-11-15(20)8-9-17(19)21/h2-11H,12-13H2,1H3. The van der Waals surface area contributed by atoms with Crippen LogP contribution in [-0.2, 0) is 23.1 Å². The molecule has 0 aliphatic rings. The van der Waals surface area contributed by atoms with Gasteiger partial charge in [0.25, 0.3) is 0 Å². The fourth-order valence-electron chi connectivity index (χ4n) is 2.64. The lowest BCUT2D eigenvalue weighted by atomic mass is 10.2. The molecule has 0 spiro atoms. The first kappa shape index (κ1) is 19.5. The van der Waals surface area contributed by atoms with Crippen molar-refractivity contribution >= 4 is 21.4 Å². The number of benzene rings is 2. The number of thiophene rings is 1. The van der Waals surface area contributed by atoms with Gasteiger partial charge in [0.05, 0.1) is 7.11 Å². The van der Waals surface area contributed by atoms with E-state index in [1.807, 2.05) is 5.38 Å². The Morgan fingerprint density at radius 1 is 1.04 bits per heavy atom. The van der Waals surface area contributed by atoms with Gasteiger partial charge in [-0.15, -0.1) is 11.3 Å². The highest BCUT2D eigenvalue weighted by Crippen LogP contribution is 2.28. The predicted octanol–water partition coefficient (Wildman–Crippen LogP) is 4.43. The first-order valence-corrected chi connectivity index (χ1v) is 10.3. The molecule has 1 heterocycles. The van der Waals surface area contributed by atoms with Crippen molar-refractivity contribution in [3.8, 4) is 5.75 Å². The Balaban J connectivity index is 2.04. The second kappa shape index (κ2) is 8.16. The van der Waals surface area contributed by atoms with Crippen molar-refractivity contribution in [1.29, 1.82) is 0 Å². The number of rotatable bonds is 7. The summed E-state index contributed by atoms with van der Waals surface area (Å²) in [6, 6.07) is 13.0. The van der Waals surface area contributed by atoms with E-state index in [0.29, 0.717) is 17.4 Å². The summed E-state index contributed by atoms with van der Waals surface area (Å²) in [5.74, 6) is -1.29. The number of sulfonamides is 1. The first-order chi connectivity index (χ1) is 12.9. The molecule has 0 radical (unpaired) electrons. The van der Waals surface area contributed by atoms with Gasteiger partial charge in [0.15, 0.2) is 0 Å². The lowest BCUT2D eigenvalue weighted by Gasteiger charge is -2.23. The highest BCUT2D eigenvalue weighted by Gasteiger charge is 2.29. The maximum atomic E-state index is 14.2. The van der Waals surface area contributed by atoms with E-state index in [-0.39, 0.29) is 13.1 Å². The monoisotopic (exact) mass is 409 g/mol. The Labute approximate surface area is 160 Å². The Kier molecular flexibility index (Phi) is 5.88. The third-order valence-corrected chi connectivity index (χ3v) is 6.63. The fourth-order valence-corrected chi connectivity index (χ4v) is 4.91. The van der Waals surface area contributed by atoms with Gasteiger partial charge in [0.2, 0.25) is 10.0 Å². The average molecular weight is 409 g/mol. The summed E-state index contributed by atoms with van der Waals surface area (Å²) in [5.41, 5.74) is 0.622. The van der Waals surface area contributed by atoms with E-state index in [1.54, 1.807) is 36.4 Å². The molecule has 0 amide bonds. The van der Waals surface area contributed by atoms with Crippen molar-refractivity contribution in [3.63, 3.8) is 0 Å². The molecule has 0 saturated heterocycles. The molecule has 0 atom stereocenters. The van der Waals surface area contributed by atoms with Gasteiger partial charge in [0.1, 0.15) is 22.3 Å². The summed E-state index contributed by atoms with van der Waals surface area (Å²) >= 11 is 1.39. The zero-order valence-corrected chi connectivity index (χ0v) is 16.1. The number of methoxy groups -OCH3 is 1. The van der Waals surface area contributed by atoms with Crippen LogP contribution in [0.5, 0.6) is 5.75 Å². The SMILES string of the molecule is COc1ccccc1CN(Cc1cccs1)S(=O)(=O)c1cc(F)ccc1F. The molecule has 4 nitrogen and oxygen atoms in total. The molecule has 8 heteroatoms. The molecule has 3 aromatic rings. The highest BCUT2D eigenvalue weighted by molar-refractivity contribution is 7.89. The molecule has 0 saturated carbocycles. The van der Waals surface area contributed by atoms with Gasteiger partial charge in [-0.2, -0.15) is 4.31 Å². The molecule has 0 aliphatic carbocycles. The minimum Gasteiger partial charge on any atom is -0.496 e. The van der Waals surface area contributed by atoms with E-state index in [1.165, 1.54) is 18.4 Å². The van der Waals surface area contributed by atoms with Gasteiger partial charge in [-0.25, -0.2) is 17.2 Å². The number of hydrogen-bond acceptors (Lipinski definition) is 4. The van der Waals surface area contributed by atoms with Gasteiger partial charge in [-0.3, -0.25) is 0 Å². The molecule has 0 N–H and O–H groups in total. The van der Waals surface area contributed by atoms with Crippen LogP contribution in [0.15, 0.2) is 64.9 Å². The van der Waals surface area contributed by atoms with Crippen LogP contribution in [0.4, 0.5) is 8.78 Å². The van der Waals surface area contributed by atoms with Crippen LogP contribution in [0.2, 0.25) is 0 Å². The zero-order chi connectivity index (χ0) is 19.4. The van der Waals surface area contributed by atoms with E-state index in [2.05, 4.69) is 0 Å². The van der Waals surface area contributed by atoms with Crippen LogP contribution in [0.25, 0.3) is 0 Å². The third-order valence-electron chi connectivity index (χ3n) is 3.96. The van der Waals surface area contributed by atoms with E-state index in [0.717, 1.165) is 21.3 Å². The Morgan fingerprint density at radius 3 is 2.52 bits per heavy atom. The normalized spacial score (nSPS) is 11.7. The molecule has 3 rings (SSSR count). The second-order valence-corrected chi connectivity index (χ2v) is 8.68. The Bertz CT molecular complexity index is 1020. The molecular formula is C19H17F2NO3S2. The summed E-state index contributed by atoms with van der Waals surface area (Å²) in [6.45, 7) is -0.00575. The van der Waals surface area contributed by atoms with E-state index < -0.39 is 26.6 Å². The van der Waals surface area contributed by atoms with E-state index >= 15 is 0 Å². The zero-order valence-electron chi connectivity index (χ0n) is 14.4. The minimum atomic E-state index is -4.28. The predicted molar refractivity (Wildman–Crippen MR) is 100 cm³/mol. The van der Waals surface area contributed by atoms with Gasteiger partial charge in [-0.05, 0) is 35.7 Å². The van der Waals surface area contributed by atoms with Crippen molar-refractivity contribution in [3.05, 3.63) is 82.1 Å². The number of nitrogens with zero attached hydrogens (tertiary/aromatic N) is 1. The molecule has 0 fully saturated rings. The van der Waals surface area contributed by atoms with E-state index in [4.69, 9.17) is 4.74 Å². The number of para-hydroxylation sites is 1. The molecule has 0 bridgehead atoms. The van der Waals surface area contributed by atoms with E-state index in [9.17, 15) is 17.2 Å². The maximum absolute atomic E-state index is 14.2. The molecule has 27 heavy (non-hydrogen) atoms. The molecule has 1 aromatic heterocycles. The van der Waals surface area contributed by atoms with Crippen LogP contribution < -0.4 is 4.74 Å².